The Morgan fingerprint density at radius 3 is 0.673 bits per heavy atom. The van der Waals surface area contributed by atoms with Crippen molar-refractivity contribution in [3.63, 3.8) is 0 Å². The van der Waals surface area contributed by atoms with E-state index in [1.807, 2.05) is 0 Å². The first kappa shape index (κ1) is 70.5. The fraction of sp³-hybridized carbons (Fsp3) is 0.0485. The molecule has 4 heteroatoms. The van der Waals surface area contributed by atoms with Crippen LogP contribution in [-0.2, 0) is 0 Å². The molecule has 4 nitrogen and oxygen atoms in total. The van der Waals surface area contributed by atoms with Crippen molar-refractivity contribution < 1.29 is 0 Å². The van der Waals surface area contributed by atoms with Gasteiger partial charge in [0, 0.05) is 86.5 Å². The zero-order chi connectivity index (χ0) is 73.1. The zero-order valence-corrected chi connectivity index (χ0v) is 61.3. The quantitative estimate of drug-likeness (QED) is 0.0665. The van der Waals surface area contributed by atoms with Crippen LogP contribution in [0.2, 0.25) is 0 Å². The molecular weight excluding hydrogens is 1290 g/mol. The fourth-order valence-electron chi connectivity index (χ4n) is 13.3. The molecule has 0 radical (unpaired) electrons. The van der Waals surface area contributed by atoms with E-state index in [4.69, 9.17) is 0 Å². The van der Waals surface area contributed by atoms with Crippen LogP contribution in [-0.4, -0.2) is 0 Å². The molecule has 0 amide bonds. The number of nitrogens with zero attached hydrogens (tertiary/aromatic N) is 4. The zero-order valence-electron chi connectivity index (χ0n) is 61.3. The Hall–Kier alpha value is -13.5. The third kappa shape index (κ3) is 17.9. The van der Waals surface area contributed by atoms with Gasteiger partial charge in [0.25, 0.3) is 0 Å². The second-order valence-corrected chi connectivity index (χ2v) is 27.1. The first-order chi connectivity index (χ1) is 52.6. The number of benzene rings is 15. The van der Waals surface area contributed by atoms with Crippen molar-refractivity contribution in [2.45, 2.75) is 34.6 Å². The Labute approximate surface area is 632 Å². The number of aryl methyl sites for hydroxylation is 5. The summed E-state index contributed by atoms with van der Waals surface area (Å²) in [5.41, 5.74) is 31.3. The highest BCUT2D eigenvalue weighted by molar-refractivity contribution is 5.88. The van der Waals surface area contributed by atoms with Gasteiger partial charge in [0.1, 0.15) is 0 Å². The fourth-order valence-corrected chi connectivity index (χ4v) is 13.3. The Morgan fingerprint density at radius 1 is 0.187 bits per heavy atom. The average molecular weight is 1380 g/mol. The van der Waals surface area contributed by atoms with Gasteiger partial charge >= 0.3 is 0 Å². The lowest BCUT2D eigenvalue weighted by atomic mass is 9.98. The monoisotopic (exact) mass is 1380 g/mol. The highest BCUT2D eigenvalue weighted by Crippen LogP contribution is 2.40. The van der Waals surface area contributed by atoms with Gasteiger partial charge < -0.3 is 19.6 Å². The van der Waals surface area contributed by atoms with Crippen LogP contribution in [0.25, 0.3) is 40.0 Å². The van der Waals surface area contributed by atoms with Gasteiger partial charge in [0.15, 0.2) is 0 Å². The molecule has 15 aromatic rings. The van der Waals surface area contributed by atoms with Crippen LogP contribution >= 0.6 is 0 Å². The first-order valence-electron chi connectivity index (χ1n) is 36.7. The number of hydrogen-bond acceptors (Lipinski definition) is 4. The van der Waals surface area contributed by atoms with Gasteiger partial charge in [-0.2, -0.15) is 0 Å². The molecule has 518 valence electrons. The van der Waals surface area contributed by atoms with Gasteiger partial charge in [0.05, 0.1) is 0 Å². The third-order valence-electron chi connectivity index (χ3n) is 19.2. The molecular formula is C103H86N4. The maximum absolute atomic E-state index is 2.31. The van der Waals surface area contributed by atoms with E-state index >= 15 is 0 Å². The average Bonchev–Trinajstić information content (AvgIpc) is 0.805. The molecule has 0 unspecified atom stereocenters. The largest absolute Gasteiger partial charge is 0.317 e. The molecule has 0 saturated heterocycles. The lowest BCUT2D eigenvalue weighted by Gasteiger charge is -2.26. The minimum Gasteiger partial charge on any atom is -0.317 e. The normalized spacial score (nSPS) is 10.8. The molecule has 0 aliphatic rings. The van der Waals surface area contributed by atoms with Crippen molar-refractivity contribution in [3.05, 3.63) is 491 Å². The Morgan fingerprint density at radius 2 is 0.411 bits per heavy atom. The second kappa shape index (κ2) is 34.2. The van der Waals surface area contributed by atoms with Crippen LogP contribution in [0, 0.1) is 34.6 Å². The summed E-state index contributed by atoms with van der Waals surface area (Å²) >= 11 is 0. The van der Waals surface area contributed by atoms with Crippen LogP contribution in [0.1, 0.15) is 72.3 Å². The highest BCUT2D eigenvalue weighted by atomic mass is 15.1. The van der Waals surface area contributed by atoms with Crippen molar-refractivity contribution in [2.24, 2.45) is 0 Å². The molecule has 0 N–H and O–H groups in total. The third-order valence-corrected chi connectivity index (χ3v) is 19.2. The van der Waals surface area contributed by atoms with Crippen molar-refractivity contribution in [2.75, 3.05) is 19.6 Å². The molecule has 0 aromatic heterocycles. The molecule has 0 saturated carbocycles. The Balaban J connectivity index is 0.000000180. The van der Waals surface area contributed by atoms with Crippen molar-refractivity contribution in [1.29, 1.82) is 0 Å². The van der Waals surface area contributed by atoms with E-state index in [0.717, 1.165) is 90.2 Å². The maximum atomic E-state index is 2.31. The Kier molecular flexibility index (Phi) is 22.5. The number of anilines is 9. The smallest absolute Gasteiger partial charge is 0.0462 e. The summed E-state index contributed by atoms with van der Waals surface area (Å²) in [6.07, 6.45) is 11.2. The summed E-state index contributed by atoms with van der Waals surface area (Å²) in [6.45, 7) is 10.7. The van der Waals surface area contributed by atoms with E-state index in [1.165, 1.54) is 61.2 Å². The van der Waals surface area contributed by atoms with E-state index in [0.29, 0.717) is 0 Å². The lowest BCUT2D eigenvalue weighted by molar-refractivity contribution is 1.26. The van der Waals surface area contributed by atoms with E-state index < -0.39 is 0 Å². The van der Waals surface area contributed by atoms with Gasteiger partial charge in [-0.15, -0.1) is 0 Å². The second-order valence-electron chi connectivity index (χ2n) is 27.1. The predicted octanol–water partition coefficient (Wildman–Crippen LogP) is 27.9. The summed E-state index contributed by atoms with van der Waals surface area (Å²) in [6, 6.07) is 143. The van der Waals surface area contributed by atoms with E-state index in [-0.39, 0.29) is 0 Å². The van der Waals surface area contributed by atoms with Gasteiger partial charge in [-0.1, -0.05) is 320 Å². The molecule has 0 heterocycles. The summed E-state index contributed by atoms with van der Waals surface area (Å²) in [4.78, 5) is 9.20. The van der Waals surface area contributed by atoms with Crippen LogP contribution in [0.4, 0.5) is 51.2 Å². The minimum atomic E-state index is 1.09. The van der Waals surface area contributed by atoms with Gasteiger partial charge in [-0.05, 0) is 211 Å². The summed E-state index contributed by atoms with van der Waals surface area (Å²) in [5.74, 6) is 0. The van der Waals surface area contributed by atoms with Crippen LogP contribution in [0.15, 0.2) is 419 Å². The molecule has 0 aliphatic carbocycles. The van der Waals surface area contributed by atoms with Crippen LogP contribution in [0.5, 0.6) is 0 Å². The standard InChI is InChI=1S/C54H44N2.C49H42N2/c1-41-17-15-27-51(37-41)55(39-53(45-19-7-3-8-20-45)46-21-9-4-10-22-46)49-33-29-43(30-34-49)44-31-35-50(36-32-44)56(52-28-16-18-42(2)38-52)40-54(47-23-11-5-12-24-47)48-25-13-6-14-26-48;1-37-14-26-44(27-15-37)50(36-49(42-10-6-4-7-11-42)43-12-8-5-9-13-43)45-32-22-40(23-33-45)20-21-41-24-34-48(35-25-41)51(46-28-16-38(2)17-29-46)47-30-18-39(3)19-31-47/h3-40H,1-2H3;4-36H,1-3H3/b;21-20+. The molecule has 0 atom stereocenters. The molecule has 15 aromatic carbocycles. The summed E-state index contributed by atoms with van der Waals surface area (Å²) in [5, 5.41) is 0. The number of hydrogen-bond donors (Lipinski definition) is 0. The number of rotatable bonds is 21. The molecule has 0 aliphatic heterocycles. The van der Waals surface area contributed by atoms with E-state index in [2.05, 4.69) is 485 Å². The SMILES string of the molecule is Cc1ccc(N(C=C(c2ccccc2)c2ccccc2)c2ccc(/C=C/c3ccc(N(c4ccc(C)cc4)c4ccc(C)cc4)cc3)cc2)cc1.Cc1cccc(N(C=C(c2ccccc2)c2ccccc2)c2ccc(-c3ccc(N(C=C(c4ccccc4)c4ccccc4)c4cccc(C)c4)cc3)cc2)c1. The molecule has 0 spiro atoms. The van der Waals surface area contributed by atoms with Crippen molar-refractivity contribution in [3.8, 4) is 11.1 Å². The van der Waals surface area contributed by atoms with Gasteiger partial charge in [-0.3, -0.25) is 0 Å². The maximum Gasteiger partial charge on any atom is 0.0462 e. The minimum absolute atomic E-state index is 1.09. The summed E-state index contributed by atoms with van der Waals surface area (Å²) in [7, 11) is 0. The first-order valence-corrected chi connectivity index (χ1v) is 36.7. The van der Waals surface area contributed by atoms with Crippen LogP contribution in [0.3, 0.4) is 0 Å². The molecule has 15 rings (SSSR count). The van der Waals surface area contributed by atoms with Gasteiger partial charge in [0.2, 0.25) is 0 Å². The van der Waals surface area contributed by atoms with Crippen molar-refractivity contribution in [1.82, 2.24) is 0 Å². The topological polar surface area (TPSA) is 13.0 Å². The molecule has 0 fully saturated rings. The molecule has 0 bridgehead atoms. The Bertz CT molecular complexity index is 5110. The van der Waals surface area contributed by atoms with E-state index in [1.54, 1.807) is 0 Å². The summed E-state index contributed by atoms with van der Waals surface area (Å²) < 4.78 is 0. The highest BCUT2D eigenvalue weighted by Gasteiger charge is 2.18. The van der Waals surface area contributed by atoms with Crippen LogP contribution < -0.4 is 19.6 Å². The molecule has 107 heavy (non-hydrogen) atoms. The predicted molar refractivity (Wildman–Crippen MR) is 458 cm³/mol. The van der Waals surface area contributed by atoms with E-state index in [9.17, 15) is 0 Å². The van der Waals surface area contributed by atoms with Gasteiger partial charge in [-0.25, -0.2) is 0 Å². The van der Waals surface area contributed by atoms with Crippen molar-refractivity contribution >= 4 is 80.1 Å². The lowest BCUT2D eigenvalue weighted by Crippen LogP contribution is -2.11.